The van der Waals surface area contributed by atoms with E-state index in [1.807, 2.05) is 0 Å². The molecule has 2 aromatic rings. The molecule has 1 aromatic heterocycles. The summed E-state index contributed by atoms with van der Waals surface area (Å²) in [6.07, 6.45) is 3.07. The zero-order valence-electron chi connectivity index (χ0n) is 19.4. The summed E-state index contributed by atoms with van der Waals surface area (Å²) in [5, 5.41) is 11.3. The number of pyridine rings is 1. The molecule has 3 atom stereocenters. The molecule has 2 aliphatic rings. The first-order valence-electron chi connectivity index (χ1n) is 10.5. The van der Waals surface area contributed by atoms with E-state index in [1.165, 1.54) is 48.8 Å². The van der Waals surface area contributed by atoms with Crippen LogP contribution in [0.25, 0.3) is 0 Å². The fourth-order valence-corrected chi connectivity index (χ4v) is 6.20. The second-order valence-corrected chi connectivity index (χ2v) is 10.6. The maximum absolute atomic E-state index is 12.9. The van der Waals surface area contributed by atoms with Crippen LogP contribution in [0, 0.1) is 0 Å². The molecule has 1 aromatic carbocycles. The Morgan fingerprint density at radius 2 is 1.78 bits per heavy atom. The van der Waals surface area contributed by atoms with Crippen LogP contribution >= 0.6 is 11.8 Å². The molecule has 3 amide bonds. The van der Waals surface area contributed by atoms with Crippen LogP contribution in [-0.4, -0.2) is 58.7 Å². The molecular formula is C22H19N4NaO8S2. The molecule has 12 nitrogen and oxygen atoms in total. The van der Waals surface area contributed by atoms with Gasteiger partial charge < -0.3 is 25.5 Å². The van der Waals surface area contributed by atoms with Crippen LogP contribution in [0.2, 0.25) is 0 Å². The van der Waals surface area contributed by atoms with Gasteiger partial charge in [0.25, 0.3) is 5.91 Å². The first-order valence-corrected chi connectivity index (χ1v) is 13.0. The number of nitrogens with two attached hydrogens (primary N) is 1. The third-order valence-electron chi connectivity index (χ3n) is 5.72. The Bertz CT molecular complexity index is 1380. The van der Waals surface area contributed by atoms with Gasteiger partial charge in [0.05, 0.1) is 17.2 Å². The van der Waals surface area contributed by atoms with Gasteiger partial charge in [0.15, 0.2) is 24.2 Å². The Hall–Kier alpha value is -2.75. The average Bonchev–Trinajstić information content (AvgIpc) is 2.82. The Morgan fingerprint density at radius 3 is 2.32 bits per heavy atom. The Morgan fingerprint density at radius 1 is 1.16 bits per heavy atom. The van der Waals surface area contributed by atoms with Crippen molar-refractivity contribution in [3.63, 3.8) is 0 Å². The van der Waals surface area contributed by atoms with E-state index in [4.69, 9.17) is 5.73 Å². The first kappa shape index (κ1) is 28.8. The molecular weight excluding hydrogens is 535 g/mol. The topological polar surface area (TPSA) is 194 Å². The molecule has 1 saturated heterocycles. The Balaban J connectivity index is 0.00000380. The number of carbonyl (C=O) groups excluding carboxylic acids is 4. The van der Waals surface area contributed by atoms with Crippen LogP contribution in [0.15, 0.2) is 66.1 Å². The number of aromatic nitrogens is 1. The van der Waals surface area contributed by atoms with E-state index in [0.717, 1.165) is 16.7 Å². The zero-order chi connectivity index (χ0) is 26.2. The number of fused-ring (bicyclic) bond motifs is 1. The van der Waals surface area contributed by atoms with E-state index in [-0.39, 0.29) is 58.7 Å². The number of benzene rings is 1. The number of carboxylic acid groups (broad SMARTS) is 1. The molecule has 0 radical (unpaired) electrons. The number of amides is 3. The molecule has 3 N–H and O–H groups in total. The van der Waals surface area contributed by atoms with E-state index < -0.39 is 50.5 Å². The molecule has 2 aliphatic heterocycles. The normalized spacial score (nSPS) is 19.7. The number of aliphatic carboxylic acids is 1. The van der Waals surface area contributed by atoms with Gasteiger partial charge in [-0.25, -0.2) is 13.0 Å². The van der Waals surface area contributed by atoms with Crippen molar-refractivity contribution in [3.05, 3.63) is 77.3 Å². The van der Waals surface area contributed by atoms with Crippen LogP contribution in [0.5, 0.6) is 0 Å². The maximum atomic E-state index is 12.9. The van der Waals surface area contributed by atoms with Gasteiger partial charge >= 0.3 is 29.6 Å². The minimum atomic E-state index is -5.11. The van der Waals surface area contributed by atoms with Crippen LogP contribution in [-0.2, 0) is 31.0 Å². The van der Waals surface area contributed by atoms with E-state index in [2.05, 4.69) is 5.32 Å². The largest absolute Gasteiger partial charge is 1.00 e. The maximum Gasteiger partial charge on any atom is 1.00 e. The zero-order valence-corrected chi connectivity index (χ0v) is 23.0. The molecule has 0 bridgehead atoms. The van der Waals surface area contributed by atoms with E-state index in [1.54, 1.807) is 10.6 Å². The average molecular weight is 555 g/mol. The van der Waals surface area contributed by atoms with Gasteiger partial charge in [0.2, 0.25) is 11.8 Å². The van der Waals surface area contributed by atoms with Gasteiger partial charge in [-0.1, -0.05) is 30.3 Å². The standard InChI is InChI=1S/C22H20N4O8S2.Na/c23-18(27)13-6-8-25(9-7-13)10-14-11-35-21-15(20(29)26(21)16(14)22(30)31)24-19(28)17(36(32,33)34)12-4-2-1-3-5-12;/h1-9,15,17,21H,10-11H2,(H4-,23,24,27,28,30,31,32,33,34);/q;+1/p-1/t15-,17-,21-;/m0./s1. The summed E-state index contributed by atoms with van der Waals surface area (Å²) in [5.74, 6) is -4.00. The summed E-state index contributed by atoms with van der Waals surface area (Å²) < 4.78 is 37.0. The number of hydrogen-bond acceptors (Lipinski definition) is 9. The van der Waals surface area contributed by atoms with Gasteiger partial charge in [-0.15, -0.1) is 11.8 Å². The molecule has 0 aliphatic carbocycles. The van der Waals surface area contributed by atoms with Crippen LogP contribution in [0.3, 0.4) is 0 Å². The molecule has 37 heavy (non-hydrogen) atoms. The van der Waals surface area contributed by atoms with Gasteiger partial charge in [-0.2, -0.15) is 0 Å². The third-order valence-corrected chi connectivity index (χ3v) is 8.12. The number of primary amides is 1. The number of nitrogens with one attached hydrogen (secondary N) is 1. The quantitative estimate of drug-likeness (QED) is 0.139. The minimum Gasteiger partial charge on any atom is -0.747 e. The summed E-state index contributed by atoms with van der Waals surface area (Å²) in [6.45, 7) is 0.0768. The summed E-state index contributed by atoms with van der Waals surface area (Å²) in [4.78, 5) is 49.8. The van der Waals surface area contributed by atoms with Gasteiger partial charge in [-0.3, -0.25) is 19.3 Å². The van der Waals surface area contributed by atoms with Gasteiger partial charge in [-0.05, 0) is 5.56 Å². The Labute approximate surface area is 237 Å². The van der Waals surface area contributed by atoms with Crippen molar-refractivity contribution >= 4 is 45.6 Å². The molecule has 3 heterocycles. The molecule has 4 rings (SSSR count). The molecule has 0 spiro atoms. The fourth-order valence-electron chi connectivity index (χ4n) is 4.05. The molecule has 0 unspecified atom stereocenters. The van der Waals surface area contributed by atoms with Crippen molar-refractivity contribution in [1.82, 2.24) is 10.2 Å². The molecule has 15 heteroatoms. The second-order valence-electron chi connectivity index (χ2n) is 8.04. The van der Waals surface area contributed by atoms with Gasteiger partial charge in [0, 0.05) is 23.5 Å². The summed E-state index contributed by atoms with van der Waals surface area (Å²) >= 11 is 1.16. The van der Waals surface area contributed by atoms with Gasteiger partial charge in [0.1, 0.15) is 21.5 Å². The number of nitrogens with zero attached hydrogens (tertiary/aromatic N) is 2. The number of hydrogen-bond donors (Lipinski definition) is 2. The van der Waals surface area contributed by atoms with Crippen LogP contribution in [0.1, 0.15) is 21.2 Å². The predicted molar refractivity (Wildman–Crippen MR) is 121 cm³/mol. The number of rotatable bonds is 8. The van der Waals surface area contributed by atoms with E-state index >= 15 is 0 Å². The second kappa shape index (κ2) is 11.3. The third kappa shape index (κ3) is 5.89. The summed E-state index contributed by atoms with van der Waals surface area (Å²) in [7, 11) is -5.11. The van der Waals surface area contributed by atoms with Crippen molar-refractivity contribution < 1.29 is 71.4 Å². The molecule has 1 fully saturated rings. The summed E-state index contributed by atoms with van der Waals surface area (Å²) in [5.41, 5.74) is 5.44. The number of thioether (sulfide) groups is 1. The fraction of sp³-hybridized carbons (Fsp3) is 0.227. The number of carboxylic acids is 1. The monoisotopic (exact) mass is 554 g/mol. The minimum absolute atomic E-state index is 0. The van der Waals surface area contributed by atoms with Crippen molar-refractivity contribution in [2.75, 3.05) is 5.75 Å². The molecule has 0 saturated carbocycles. The van der Waals surface area contributed by atoms with E-state index in [9.17, 15) is 37.3 Å². The predicted octanol–water partition coefficient (Wildman–Crippen LogP) is -5.23. The van der Waals surface area contributed by atoms with Crippen LogP contribution < -0.4 is 50.3 Å². The van der Waals surface area contributed by atoms with Crippen molar-refractivity contribution in [2.45, 2.75) is 23.2 Å². The SMILES string of the molecule is NC(=O)c1cc[n+](CC2=C(C(=O)[O-])N3C(=O)[C@H](NC(=O)[C@H](c4ccccc4)S(=O)(=O)[O-])[C@@H]3SC2)cc1.[Na+]. The van der Waals surface area contributed by atoms with Crippen molar-refractivity contribution in [1.29, 1.82) is 0 Å². The van der Waals surface area contributed by atoms with E-state index in [0.29, 0.717) is 5.57 Å². The number of β-lactam (4-membered cyclic amide) rings is 1. The first-order chi connectivity index (χ1) is 17.0. The summed E-state index contributed by atoms with van der Waals surface area (Å²) in [6, 6.07) is 8.83. The Kier molecular flexibility index (Phi) is 8.82. The van der Waals surface area contributed by atoms with Crippen molar-refractivity contribution in [3.8, 4) is 0 Å². The van der Waals surface area contributed by atoms with Crippen molar-refractivity contribution in [2.24, 2.45) is 5.73 Å². The van der Waals surface area contributed by atoms with Crippen LogP contribution in [0.4, 0.5) is 0 Å². The smallest absolute Gasteiger partial charge is 0.747 e. The number of carbonyl (C=O) groups is 4. The molecule has 188 valence electrons.